The third-order valence-corrected chi connectivity index (χ3v) is 1.98. The van der Waals surface area contributed by atoms with Crippen molar-refractivity contribution >= 4 is 11.5 Å². The van der Waals surface area contributed by atoms with Crippen molar-refractivity contribution in [1.29, 1.82) is 0 Å². The van der Waals surface area contributed by atoms with Gasteiger partial charge in [-0.3, -0.25) is 10.1 Å². The van der Waals surface area contributed by atoms with Gasteiger partial charge in [0.1, 0.15) is 5.82 Å². The van der Waals surface area contributed by atoms with E-state index in [4.69, 9.17) is 5.11 Å². The molecule has 0 radical (unpaired) electrons. The second kappa shape index (κ2) is 5.82. The van der Waals surface area contributed by atoms with E-state index in [-0.39, 0.29) is 12.3 Å². The third-order valence-electron chi connectivity index (χ3n) is 1.98. The first-order valence-electron chi connectivity index (χ1n) is 4.76. The highest BCUT2D eigenvalue weighted by Crippen LogP contribution is 2.17. The molecule has 1 aromatic rings. The maximum Gasteiger partial charge on any atom is 0.274 e. The van der Waals surface area contributed by atoms with Gasteiger partial charge in [-0.1, -0.05) is 6.08 Å². The van der Waals surface area contributed by atoms with Crippen LogP contribution >= 0.6 is 0 Å². The highest BCUT2D eigenvalue weighted by atomic mass is 16.6. The van der Waals surface area contributed by atoms with Crippen LogP contribution in [0.25, 0.3) is 0 Å². The predicted octanol–water partition coefficient (Wildman–Crippen LogP) is 0.974. The van der Waals surface area contributed by atoms with Gasteiger partial charge < -0.3 is 10.0 Å². The summed E-state index contributed by atoms with van der Waals surface area (Å²) in [4.78, 5) is 15.8. The second-order valence-corrected chi connectivity index (χ2v) is 3.09. The van der Waals surface area contributed by atoms with Gasteiger partial charge in [-0.25, -0.2) is 4.98 Å². The number of pyridine rings is 1. The smallest absolute Gasteiger partial charge is 0.274 e. The van der Waals surface area contributed by atoms with Gasteiger partial charge in [-0.15, -0.1) is 6.58 Å². The molecule has 86 valence electrons. The van der Waals surface area contributed by atoms with Crippen LogP contribution < -0.4 is 4.90 Å². The summed E-state index contributed by atoms with van der Waals surface area (Å²) in [6.07, 6.45) is 3.02. The number of nitrogens with zero attached hydrogens (tertiary/aromatic N) is 3. The molecule has 0 aliphatic carbocycles. The van der Waals surface area contributed by atoms with Crippen molar-refractivity contribution in [2.24, 2.45) is 0 Å². The predicted molar refractivity (Wildman–Crippen MR) is 60.4 cm³/mol. The zero-order chi connectivity index (χ0) is 12.0. The van der Waals surface area contributed by atoms with Crippen LogP contribution in [-0.2, 0) is 0 Å². The lowest BCUT2D eigenvalue weighted by Crippen LogP contribution is -2.27. The van der Waals surface area contributed by atoms with Gasteiger partial charge in [0.05, 0.1) is 17.6 Å². The van der Waals surface area contributed by atoms with E-state index < -0.39 is 4.92 Å². The molecule has 0 saturated carbocycles. The standard InChI is InChI=1S/C10H13N3O3/c1-2-5-12(6-7-14)10-8-9(13(15)16)3-4-11-10/h2-4,8,14H,1,5-7H2. The minimum absolute atomic E-state index is 0.0167. The Labute approximate surface area is 93.0 Å². The van der Waals surface area contributed by atoms with Crippen molar-refractivity contribution < 1.29 is 10.0 Å². The second-order valence-electron chi connectivity index (χ2n) is 3.09. The zero-order valence-corrected chi connectivity index (χ0v) is 8.74. The molecule has 0 bridgehead atoms. The molecule has 1 aromatic heterocycles. The molecule has 0 aliphatic heterocycles. The number of aliphatic hydroxyl groups excluding tert-OH is 1. The molecule has 16 heavy (non-hydrogen) atoms. The average molecular weight is 223 g/mol. The van der Waals surface area contributed by atoms with Crippen LogP contribution in [0.15, 0.2) is 31.0 Å². The molecule has 0 amide bonds. The maximum absolute atomic E-state index is 10.6. The normalized spacial score (nSPS) is 9.81. The number of hydrogen-bond donors (Lipinski definition) is 1. The van der Waals surface area contributed by atoms with E-state index in [0.717, 1.165) is 0 Å². The summed E-state index contributed by atoms with van der Waals surface area (Å²) >= 11 is 0. The fourth-order valence-electron chi connectivity index (χ4n) is 1.27. The third kappa shape index (κ3) is 3.03. The van der Waals surface area contributed by atoms with Crippen molar-refractivity contribution in [1.82, 2.24) is 4.98 Å². The Balaban J connectivity index is 2.94. The highest BCUT2D eigenvalue weighted by molar-refractivity contribution is 5.47. The van der Waals surface area contributed by atoms with Crippen LogP contribution in [-0.4, -0.2) is 34.7 Å². The van der Waals surface area contributed by atoms with E-state index in [9.17, 15) is 10.1 Å². The van der Waals surface area contributed by atoms with E-state index in [0.29, 0.717) is 18.9 Å². The molecule has 6 heteroatoms. The number of nitro groups is 1. The summed E-state index contributed by atoms with van der Waals surface area (Å²) < 4.78 is 0. The summed E-state index contributed by atoms with van der Waals surface area (Å²) in [6, 6.07) is 2.70. The van der Waals surface area contributed by atoms with Gasteiger partial charge in [0.2, 0.25) is 0 Å². The molecule has 0 fully saturated rings. The average Bonchev–Trinajstić information content (AvgIpc) is 2.29. The molecule has 0 unspecified atom stereocenters. The van der Waals surface area contributed by atoms with E-state index in [2.05, 4.69) is 11.6 Å². The Morgan fingerprint density at radius 3 is 3.00 bits per heavy atom. The summed E-state index contributed by atoms with van der Waals surface area (Å²) in [6.45, 7) is 4.38. The monoisotopic (exact) mass is 223 g/mol. The van der Waals surface area contributed by atoms with Gasteiger partial charge in [-0.05, 0) is 0 Å². The van der Waals surface area contributed by atoms with Gasteiger partial charge in [0, 0.05) is 25.4 Å². The molecule has 1 N–H and O–H groups in total. The van der Waals surface area contributed by atoms with E-state index in [1.54, 1.807) is 11.0 Å². The molecule has 0 saturated heterocycles. The van der Waals surface area contributed by atoms with E-state index in [1.807, 2.05) is 0 Å². The summed E-state index contributed by atoms with van der Waals surface area (Å²) in [7, 11) is 0. The van der Waals surface area contributed by atoms with Crippen molar-refractivity contribution in [3.05, 3.63) is 41.1 Å². The van der Waals surface area contributed by atoms with Crippen molar-refractivity contribution in [2.45, 2.75) is 0 Å². The van der Waals surface area contributed by atoms with Gasteiger partial charge >= 0.3 is 0 Å². The Bertz CT molecular complexity index is 381. The van der Waals surface area contributed by atoms with Gasteiger partial charge in [0.25, 0.3) is 5.69 Å². The molecule has 1 rings (SSSR count). The number of aliphatic hydroxyl groups is 1. The largest absolute Gasteiger partial charge is 0.395 e. The fraction of sp³-hybridized carbons (Fsp3) is 0.300. The maximum atomic E-state index is 10.6. The van der Waals surface area contributed by atoms with Crippen LogP contribution in [0.2, 0.25) is 0 Å². The molecule has 1 heterocycles. The lowest BCUT2D eigenvalue weighted by molar-refractivity contribution is -0.384. The number of hydrogen-bond acceptors (Lipinski definition) is 5. The first-order chi connectivity index (χ1) is 7.69. The molecular weight excluding hydrogens is 210 g/mol. The van der Waals surface area contributed by atoms with Gasteiger partial charge in [-0.2, -0.15) is 0 Å². The van der Waals surface area contributed by atoms with Crippen LogP contribution in [0, 0.1) is 10.1 Å². The van der Waals surface area contributed by atoms with Crippen LogP contribution in [0.4, 0.5) is 11.5 Å². The Hall–Kier alpha value is -1.95. The van der Waals surface area contributed by atoms with Crippen LogP contribution in [0.1, 0.15) is 0 Å². The topological polar surface area (TPSA) is 79.5 Å². The molecule has 0 spiro atoms. The van der Waals surface area contributed by atoms with Crippen LogP contribution in [0.3, 0.4) is 0 Å². The number of aromatic nitrogens is 1. The highest BCUT2D eigenvalue weighted by Gasteiger charge is 2.11. The zero-order valence-electron chi connectivity index (χ0n) is 8.74. The summed E-state index contributed by atoms with van der Waals surface area (Å²) in [5, 5.41) is 19.4. The first kappa shape index (κ1) is 12.1. The minimum atomic E-state index is -0.476. The quantitative estimate of drug-likeness (QED) is 0.441. The van der Waals surface area contributed by atoms with Crippen molar-refractivity contribution in [2.75, 3.05) is 24.6 Å². The van der Waals surface area contributed by atoms with Gasteiger partial charge in [0.15, 0.2) is 0 Å². The Kier molecular flexibility index (Phi) is 4.41. The first-order valence-corrected chi connectivity index (χ1v) is 4.76. The molecule has 0 atom stereocenters. The molecule has 0 aromatic carbocycles. The lowest BCUT2D eigenvalue weighted by Gasteiger charge is -2.20. The summed E-state index contributed by atoms with van der Waals surface area (Å²) in [5.74, 6) is 0.461. The summed E-state index contributed by atoms with van der Waals surface area (Å²) in [5.41, 5.74) is -0.0167. The Morgan fingerprint density at radius 1 is 1.69 bits per heavy atom. The molecular formula is C10H13N3O3. The SMILES string of the molecule is C=CCN(CCO)c1cc([N+](=O)[O-])ccn1. The van der Waals surface area contributed by atoms with Crippen molar-refractivity contribution in [3.8, 4) is 0 Å². The fourth-order valence-corrected chi connectivity index (χ4v) is 1.27. The number of anilines is 1. The van der Waals surface area contributed by atoms with E-state index in [1.165, 1.54) is 18.3 Å². The molecule has 0 aliphatic rings. The minimum Gasteiger partial charge on any atom is -0.395 e. The Morgan fingerprint density at radius 2 is 2.44 bits per heavy atom. The van der Waals surface area contributed by atoms with Crippen molar-refractivity contribution in [3.63, 3.8) is 0 Å². The number of rotatable bonds is 6. The lowest BCUT2D eigenvalue weighted by atomic mass is 10.3. The van der Waals surface area contributed by atoms with Crippen LogP contribution in [0.5, 0.6) is 0 Å². The van der Waals surface area contributed by atoms with E-state index >= 15 is 0 Å². The molecule has 6 nitrogen and oxygen atoms in total.